The van der Waals surface area contributed by atoms with Gasteiger partial charge in [-0.3, -0.25) is 0 Å². The lowest BCUT2D eigenvalue weighted by Crippen LogP contribution is -2.26. The van der Waals surface area contributed by atoms with E-state index in [-0.39, 0.29) is 16.7 Å². The molecule has 1 unspecified atom stereocenters. The summed E-state index contributed by atoms with van der Waals surface area (Å²) in [6.45, 7) is 0.920. The number of halogens is 3. The lowest BCUT2D eigenvalue weighted by atomic mass is 10.3. The summed E-state index contributed by atoms with van der Waals surface area (Å²) in [4.78, 5) is 1.40. The number of alkyl halides is 2. The smallest absolute Gasteiger partial charge is 0.341 e. The second-order valence-corrected chi connectivity index (χ2v) is 8.03. The van der Waals surface area contributed by atoms with E-state index in [0.717, 1.165) is 0 Å². The molecule has 8 heteroatoms. The molecule has 0 amide bonds. The van der Waals surface area contributed by atoms with Crippen molar-refractivity contribution in [3.05, 3.63) is 53.6 Å². The number of hydrogen-bond acceptors (Lipinski definition) is 4. The molecule has 4 nitrogen and oxygen atoms in total. The van der Waals surface area contributed by atoms with Crippen LogP contribution < -0.4 is 9.64 Å². The fourth-order valence-corrected chi connectivity index (χ4v) is 3.96. The molecule has 0 aromatic heterocycles. The fourth-order valence-electron chi connectivity index (χ4n) is 2.83. The normalized spacial score (nSPS) is 17.9. The van der Waals surface area contributed by atoms with Crippen LogP contribution in [0.25, 0.3) is 0 Å². The van der Waals surface area contributed by atoms with Crippen LogP contribution in [0.2, 0.25) is 5.02 Å². The topological polar surface area (TPSA) is 46.6 Å². The van der Waals surface area contributed by atoms with Crippen LogP contribution in [-0.2, 0) is 9.84 Å². The lowest BCUT2D eigenvalue weighted by molar-refractivity contribution is 0.225. The number of benzene rings is 2. The van der Waals surface area contributed by atoms with Gasteiger partial charge in [-0.15, -0.1) is 0 Å². The number of rotatable bonds is 5. The molecule has 1 fully saturated rings. The van der Waals surface area contributed by atoms with Crippen molar-refractivity contribution in [1.82, 2.24) is 0 Å². The first kappa shape index (κ1) is 17.9. The molecular formula is C17H16ClF2NO3S. The first-order chi connectivity index (χ1) is 11.9. The van der Waals surface area contributed by atoms with Crippen molar-refractivity contribution in [3.8, 4) is 5.75 Å². The van der Waals surface area contributed by atoms with Crippen molar-refractivity contribution in [2.45, 2.75) is 23.2 Å². The minimum absolute atomic E-state index is 0.180. The molecule has 3 rings (SSSR count). The third-order valence-corrected chi connectivity index (χ3v) is 5.65. The lowest BCUT2D eigenvalue weighted by Gasteiger charge is -2.22. The zero-order valence-electron chi connectivity index (χ0n) is 13.1. The molecule has 134 valence electrons. The molecule has 0 radical (unpaired) electrons. The first-order valence-corrected chi connectivity index (χ1v) is 9.58. The predicted molar refractivity (Wildman–Crippen MR) is 92.3 cm³/mol. The average Bonchev–Trinajstić information content (AvgIpc) is 3.03. The Bertz CT molecular complexity index is 860. The van der Waals surface area contributed by atoms with E-state index in [1.54, 1.807) is 35.2 Å². The van der Waals surface area contributed by atoms with Gasteiger partial charge in [-0.25, -0.2) is 8.42 Å². The summed E-state index contributed by atoms with van der Waals surface area (Å²) < 4.78 is 55.5. The highest BCUT2D eigenvalue weighted by Gasteiger charge is 2.33. The Morgan fingerprint density at radius 3 is 2.64 bits per heavy atom. The minimum Gasteiger partial charge on any atom is -0.488 e. The number of sulfone groups is 1. The van der Waals surface area contributed by atoms with Gasteiger partial charge in [0.1, 0.15) is 11.9 Å². The van der Waals surface area contributed by atoms with Gasteiger partial charge in [0.15, 0.2) is 0 Å². The van der Waals surface area contributed by atoms with Gasteiger partial charge in [-0.2, -0.15) is 8.78 Å². The van der Waals surface area contributed by atoms with Crippen LogP contribution in [-0.4, -0.2) is 33.4 Å². The highest BCUT2D eigenvalue weighted by Crippen LogP contribution is 2.32. The molecule has 0 aliphatic carbocycles. The number of anilines is 1. The van der Waals surface area contributed by atoms with E-state index in [0.29, 0.717) is 30.3 Å². The summed E-state index contributed by atoms with van der Waals surface area (Å²) in [6, 6.07) is 12.8. The molecule has 0 saturated carbocycles. The quantitative estimate of drug-likeness (QED) is 0.778. The zero-order chi connectivity index (χ0) is 18.0. The first-order valence-electron chi connectivity index (χ1n) is 7.66. The largest absolute Gasteiger partial charge is 0.488 e. The maximum Gasteiger partial charge on any atom is 0.341 e. The molecule has 1 aliphatic heterocycles. The number of ether oxygens (including phenoxy) is 1. The predicted octanol–water partition coefficient (Wildman–Crippen LogP) is 3.99. The van der Waals surface area contributed by atoms with E-state index in [1.807, 2.05) is 0 Å². The Labute approximate surface area is 149 Å². The van der Waals surface area contributed by atoms with Crippen LogP contribution in [0, 0.1) is 0 Å². The van der Waals surface area contributed by atoms with Crippen LogP contribution in [0.5, 0.6) is 5.75 Å². The molecule has 1 atom stereocenters. The second kappa shape index (κ2) is 7.17. The summed E-state index contributed by atoms with van der Waals surface area (Å²) in [7, 11) is -4.66. The summed E-state index contributed by atoms with van der Waals surface area (Å²) >= 11 is 5.93. The van der Waals surface area contributed by atoms with Crippen LogP contribution in [0.1, 0.15) is 6.42 Å². The molecule has 1 saturated heterocycles. The Hall–Kier alpha value is -1.86. The Morgan fingerprint density at radius 1 is 1.16 bits per heavy atom. The molecule has 1 aliphatic rings. The van der Waals surface area contributed by atoms with Crippen LogP contribution >= 0.6 is 11.6 Å². The van der Waals surface area contributed by atoms with Gasteiger partial charge < -0.3 is 9.64 Å². The Morgan fingerprint density at radius 2 is 1.92 bits per heavy atom. The van der Waals surface area contributed by atoms with Gasteiger partial charge >= 0.3 is 5.76 Å². The van der Waals surface area contributed by atoms with E-state index < -0.39 is 15.6 Å². The monoisotopic (exact) mass is 387 g/mol. The van der Waals surface area contributed by atoms with Crippen LogP contribution in [0.4, 0.5) is 14.5 Å². The minimum atomic E-state index is -4.66. The van der Waals surface area contributed by atoms with Crippen molar-refractivity contribution < 1.29 is 21.9 Å². The van der Waals surface area contributed by atoms with Crippen molar-refractivity contribution >= 4 is 27.1 Å². The van der Waals surface area contributed by atoms with Gasteiger partial charge in [0, 0.05) is 18.0 Å². The molecule has 0 N–H and O–H groups in total. The maximum absolute atomic E-state index is 12.9. The number of para-hydroxylation sites is 1. The zero-order valence-corrected chi connectivity index (χ0v) is 14.7. The highest BCUT2D eigenvalue weighted by molar-refractivity contribution is 7.91. The number of nitrogens with zero attached hydrogens (tertiary/aromatic N) is 1. The van der Waals surface area contributed by atoms with E-state index >= 15 is 0 Å². The molecular weight excluding hydrogens is 372 g/mol. The highest BCUT2D eigenvalue weighted by atomic mass is 35.5. The van der Waals surface area contributed by atoms with E-state index in [1.165, 1.54) is 18.2 Å². The maximum atomic E-state index is 12.9. The van der Waals surface area contributed by atoms with E-state index in [2.05, 4.69) is 0 Å². The van der Waals surface area contributed by atoms with Crippen LogP contribution in [0.3, 0.4) is 0 Å². The van der Waals surface area contributed by atoms with Gasteiger partial charge in [0.2, 0.25) is 9.84 Å². The summed E-state index contributed by atoms with van der Waals surface area (Å²) in [6.07, 6.45) is 0.469. The molecule has 0 spiro atoms. The molecule has 2 aromatic rings. The Balaban J connectivity index is 1.79. The van der Waals surface area contributed by atoms with Gasteiger partial charge in [-0.05, 0) is 30.3 Å². The van der Waals surface area contributed by atoms with Crippen molar-refractivity contribution in [2.24, 2.45) is 0 Å². The summed E-state index contributed by atoms with van der Waals surface area (Å²) in [5, 5.41) is 0.556. The fraction of sp³-hybridized carbons (Fsp3) is 0.294. The average molecular weight is 388 g/mol. The summed E-state index contributed by atoms with van der Waals surface area (Å²) in [5.74, 6) is -2.83. The van der Waals surface area contributed by atoms with E-state index in [4.69, 9.17) is 16.3 Å². The van der Waals surface area contributed by atoms with Gasteiger partial charge in [0.25, 0.3) is 0 Å². The third kappa shape index (κ3) is 3.88. The van der Waals surface area contributed by atoms with Gasteiger partial charge in [0.05, 0.1) is 17.1 Å². The second-order valence-electron chi connectivity index (χ2n) is 5.71. The standard InChI is InChI=1S/C17H16ClF2NO3S/c18-12-4-3-5-13(10-12)24-14-8-9-21(11-14)15-6-1-2-7-16(15)25(22,23)17(19)20/h1-7,10,14,17H,8-9,11H2. The van der Waals surface area contributed by atoms with E-state index in [9.17, 15) is 17.2 Å². The summed E-state index contributed by atoms with van der Waals surface area (Å²) in [5.41, 5.74) is 0.278. The molecule has 2 aromatic carbocycles. The molecule has 0 bridgehead atoms. The van der Waals surface area contributed by atoms with Crippen LogP contribution in [0.15, 0.2) is 53.4 Å². The Kier molecular flexibility index (Phi) is 5.15. The molecule has 25 heavy (non-hydrogen) atoms. The molecule has 1 heterocycles. The van der Waals surface area contributed by atoms with Gasteiger partial charge in [-0.1, -0.05) is 29.8 Å². The number of hydrogen-bond donors (Lipinski definition) is 0. The third-order valence-electron chi connectivity index (χ3n) is 3.99. The van der Waals surface area contributed by atoms with Crippen molar-refractivity contribution in [3.63, 3.8) is 0 Å². The van der Waals surface area contributed by atoms with Crippen molar-refractivity contribution in [2.75, 3.05) is 18.0 Å². The SMILES string of the molecule is O=S(=O)(c1ccccc1N1CCC(Oc2cccc(Cl)c2)C1)C(F)F. The van der Waals surface area contributed by atoms with Crippen molar-refractivity contribution in [1.29, 1.82) is 0 Å².